The molecular weight excluding hydrogens is 328 g/mol. The summed E-state index contributed by atoms with van der Waals surface area (Å²) in [5, 5.41) is 11.9. The maximum absolute atomic E-state index is 12.3. The molecule has 132 valence electrons. The number of rotatable bonds is 6. The fraction of sp³-hybridized carbons (Fsp3) is 0.190. The Labute approximate surface area is 152 Å². The Kier molecular flexibility index (Phi) is 6.69. The van der Waals surface area contributed by atoms with Gasteiger partial charge in [-0.1, -0.05) is 44.2 Å². The summed E-state index contributed by atoms with van der Waals surface area (Å²) >= 11 is 0. The molecule has 2 aromatic rings. The van der Waals surface area contributed by atoms with Gasteiger partial charge in [-0.15, -0.1) is 0 Å². The third kappa shape index (κ3) is 5.60. The summed E-state index contributed by atoms with van der Waals surface area (Å²) in [7, 11) is 0. The van der Waals surface area contributed by atoms with Crippen molar-refractivity contribution in [2.75, 3.05) is 11.9 Å². The van der Waals surface area contributed by atoms with Crippen LogP contribution in [0, 0.1) is 17.2 Å². The molecule has 0 bridgehead atoms. The topological polar surface area (TPSA) is 79.2 Å². The van der Waals surface area contributed by atoms with E-state index >= 15 is 0 Å². The Bertz CT molecular complexity index is 832. The quantitative estimate of drug-likeness (QED) is 0.485. The molecule has 0 aliphatic rings. The van der Waals surface area contributed by atoms with Crippen LogP contribution in [-0.4, -0.2) is 18.5 Å². The van der Waals surface area contributed by atoms with Gasteiger partial charge in [-0.2, -0.15) is 5.26 Å². The largest absolute Gasteiger partial charge is 0.462 e. The van der Waals surface area contributed by atoms with Gasteiger partial charge in [-0.3, -0.25) is 4.79 Å². The summed E-state index contributed by atoms with van der Waals surface area (Å²) in [6, 6.07) is 17.4. The number of nitriles is 1. The van der Waals surface area contributed by atoms with Gasteiger partial charge in [0.1, 0.15) is 11.6 Å². The summed E-state index contributed by atoms with van der Waals surface area (Å²) in [5.41, 5.74) is 1.66. The SMILES string of the molecule is CC(C)COC(=O)c1ccc(NC(=O)/C(C#N)=C/c2ccccc2)cc1. The van der Waals surface area contributed by atoms with E-state index in [1.807, 2.05) is 50.2 Å². The van der Waals surface area contributed by atoms with Crippen LogP contribution in [0.4, 0.5) is 5.69 Å². The number of anilines is 1. The zero-order valence-corrected chi connectivity index (χ0v) is 14.7. The minimum atomic E-state index is -0.508. The molecule has 0 unspecified atom stereocenters. The van der Waals surface area contributed by atoms with Gasteiger partial charge in [0, 0.05) is 5.69 Å². The lowest BCUT2D eigenvalue weighted by molar-refractivity contribution is -0.112. The molecule has 0 saturated carbocycles. The number of carbonyl (C=O) groups is 2. The van der Waals surface area contributed by atoms with Crippen LogP contribution in [0.3, 0.4) is 0 Å². The predicted octanol–water partition coefficient (Wildman–Crippen LogP) is 4.05. The summed E-state index contributed by atoms with van der Waals surface area (Å²) in [5.74, 6) is -0.650. The van der Waals surface area contributed by atoms with Crippen molar-refractivity contribution >= 4 is 23.6 Å². The first-order chi connectivity index (χ1) is 12.5. The highest BCUT2D eigenvalue weighted by atomic mass is 16.5. The Morgan fingerprint density at radius 2 is 1.77 bits per heavy atom. The van der Waals surface area contributed by atoms with Crippen LogP contribution in [0.2, 0.25) is 0 Å². The van der Waals surface area contributed by atoms with E-state index in [-0.39, 0.29) is 11.5 Å². The van der Waals surface area contributed by atoms with Crippen molar-refractivity contribution in [1.82, 2.24) is 0 Å². The average Bonchev–Trinajstić information content (AvgIpc) is 2.65. The van der Waals surface area contributed by atoms with E-state index in [4.69, 9.17) is 4.74 Å². The van der Waals surface area contributed by atoms with E-state index in [0.717, 1.165) is 5.56 Å². The van der Waals surface area contributed by atoms with Gasteiger partial charge in [0.15, 0.2) is 0 Å². The molecule has 0 heterocycles. The van der Waals surface area contributed by atoms with Crippen LogP contribution in [0.1, 0.15) is 29.8 Å². The standard InChI is InChI=1S/C21H20N2O3/c1-15(2)14-26-21(25)17-8-10-19(11-9-17)23-20(24)18(13-22)12-16-6-4-3-5-7-16/h3-12,15H,14H2,1-2H3,(H,23,24)/b18-12+. The molecule has 26 heavy (non-hydrogen) atoms. The number of amides is 1. The van der Waals surface area contributed by atoms with E-state index < -0.39 is 11.9 Å². The Hall–Kier alpha value is -3.39. The molecule has 1 N–H and O–H groups in total. The molecule has 0 fully saturated rings. The molecule has 5 nitrogen and oxygen atoms in total. The van der Waals surface area contributed by atoms with Gasteiger partial charge in [0.2, 0.25) is 0 Å². The summed E-state index contributed by atoms with van der Waals surface area (Å²) in [6.07, 6.45) is 1.52. The van der Waals surface area contributed by atoms with Crippen LogP contribution in [0.25, 0.3) is 6.08 Å². The molecule has 1 amide bonds. The van der Waals surface area contributed by atoms with Crippen LogP contribution >= 0.6 is 0 Å². The van der Waals surface area contributed by atoms with E-state index in [9.17, 15) is 14.9 Å². The molecule has 0 atom stereocenters. The van der Waals surface area contributed by atoms with Gasteiger partial charge in [-0.25, -0.2) is 4.79 Å². The van der Waals surface area contributed by atoms with Crippen LogP contribution < -0.4 is 5.32 Å². The van der Waals surface area contributed by atoms with Gasteiger partial charge < -0.3 is 10.1 Å². The number of nitrogens with zero attached hydrogens (tertiary/aromatic N) is 1. The highest BCUT2D eigenvalue weighted by molar-refractivity contribution is 6.09. The Balaban J connectivity index is 2.03. The van der Waals surface area contributed by atoms with Gasteiger partial charge in [0.25, 0.3) is 5.91 Å². The van der Waals surface area contributed by atoms with Crippen molar-refractivity contribution in [3.05, 3.63) is 71.3 Å². The van der Waals surface area contributed by atoms with E-state index in [1.54, 1.807) is 24.3 Å². The Morgan fingerprint density at radius 3 is 2.35 bits per heavy atom. The van der Waals surface area contributed by atoms with Crippen LogP contribution in [0.5, 0.6) is 0 Å². The van der Waals surface area contributed by atoms with E-state index in [1.165, 1.54) is 6.08 Å². The summed E-state index contributed by atoms with van der Waals surface area (Å²) < 4.78 is 5.15. The molecule has 0 aliphatic heterocycles. The minimum Gasteiger partial charge on any atom is -0.462 e. The molecule has 0 aliphatic carbocycles. The molecule has 5 heteroatoms. The third-order valence-electron chi connectivity index (χ3n) is 3.40. The first kappa shape index (κ1) is 18.9. The van der Waals surface area contributed by atoms with Crippen molar-refractivity contribution in [2.24, 2.45) is 5.92 Å². The maximum Gasteiger partial charge on any atom is 0.338 e. The van der Waals surface area contributed by atoms with Crippen molar-refractivity contribution in [3.8, 4) is 6.07 Å². The number of esters is 1. The van der Waals surface area contributed by atoms with Crippen LogP contribution in [0.15, 0.2) is 60.2 Å². The zero-order valence-electron chi connectivity index (χ0n) is 14.7. The summed E-state index contributed by atoms with van der Waals surface area (Å²) in [6.45, 7) is 4.27. The van der Waals surface area contributed by atoms with Gasteiger partial charge >= 0.3 is 5.97 Å². The lowest BCUT2D eigenvalue weighted by Crippen LogP contribution is -2.14. The molecule has 0 aromatic heterocycles. The molecule has 0 spiro atoms. The average molecular weight is 348 g/mol. The number of hydrogen-bond acceptors (Lipinski definition) is 4. The smallest absolute Gasteiger partial charge is 0.338 e. The highest BCUT2D eigenvalue weighted by Crippen LogP contribution is 2.13. The number of benzene rings is 2. The minimum absolute atomic E-state index is 0.00313. The molecule has 0 saturated heterocycles. The summed E-state index contributed by atoms with van der Waals surface area (Å²) in [4.78, 5) is 24.1. The second kappa shape index (κ2) is 9.19. The fourth-order valence-corrected chi connectivity index (χ4v) is 2.08. The second-order valence-electron chi connectivity index (χ2n) is 6.10. The molecule has 2 rings (SSSR count). The van der Waals surface area contributed by atoms with E-state index in [0.29, 0.717) is 17.9 Å². The fourth-order valence-electron chi connectivity index (χ4n) is 2.08. The number of carbonyl (C=O) groups excluding carboxylic acids is 2. The lowest BCUT2D eigenvalue weighted by Gasteiger charge is -2.08. The lowest BCUT2D eigenvalue weighted by atomic mass is 10.1. The van der Waals surface area contributed by atoms with Gasteiger partial charge in [0.05, 0.1) is 12.2 Å². The number of nitrogens with one attached hydrogen (secondary N) is 1. The Morgan fingerprint density at radius 1 is 1.12 bits per heavy atom. The zero-order chi connectivity index (χ0) is 18.9. The van der Waals surface area contributed by atoms with Crippen molar-refractivity contribution in [2.45, 2.75) is 13.8 Å². The third-order valence-corrected chi connectivity index (χ3v) is 3.40. The normalized spacial score (nSPS) is 10.9. The maximum atomic E-state index is 12.3. The van der Waals surface area contributed by atoms with Crippen molar-refractivity contribution < 1.29 is 14.3 Å². The molecule has 0 radical (unpaired) electrons. The highest BCUT2D eigenvalue weighted by Gasteiger charge is 2.11. The van der Waals surface area contributed by atoms with Crippen LogP contribution in [-0.2, 0) is 9.53 Å². The van der Waals surface area contributed by atoms with Crippen molar-refractivity contribution in [3.63, 3.8) is 0 Å². The monoisotopic (exact) mass is 348 g/mol. The number of ether oxygens (including phenoxy) is 1. The first-order valence-electron chi connectivity index (χ1n) is 8.25. The first-order valence-corrected chi connectivity index (χ1v) is 8.25. The second-order valence-corrected chi connectivity index (χ2v) is 6.10. The predicted molar refractivity (Wildman–Crippen MR) is 100 cm³/mol. The molecular formula is C21H20N2O3. The molecule has 2 aromatic carbocycles. The van der Waals surface area contributed by atoms with Gasteiger partial charge in [-0.05, 0) is 41.8 Å². The number of hydrogen-bond donors (Lipinski definition) is 1. The van der Waals surface area contributed by atoms with Crippen molar-refractivity contribution in [1.29, 1.82) is 5.26 Å². The van der Waals surface area contributed by atoms with E-state index in [2.05, 4.69) is 5.32 Å².